The third-order valence-electron chi connectivity index (χ3n) is 11.4. The van der Waals surface area contributed by atoms with Crippen LogP contribution in [0.2, 0.25) is 0 Å². The van der Waals surface area contributed by atoms with Gasteiger partial charge in [-0.15, -0.1) is 0 Å². The van der Waals surface area contributed by atoms with Crippen molar-refractivity contribution in [1.29, 1.82) is 0 Å². The first-order valence-electron chi connectivity index (χ1n) is 20.7. The SMILES string of the molecule is C(=C(c1ccccc1)c1ccccc1)c1cccc(-c2c3ccccc3c(-c3cccc(C=C(c4ccccc4)c4ccccc4)c3)c3c(-c4ccccc4)cccc23)c1. The van der Waals surface area contributed by atoms with Crippen molar-refractivity contribution >= 4 is 44.8 Å². The van der Waals surface area contributed by atoms with Crippen LogP contribution in [0.25, 0.3) is 78.2 Å². The molecule has 0 nitrogen and oxygen atoms in total. The van der Waals surface area contributed by atoms with E-state index in [0.29, 0.717) is 0 Å². The molecule has 0 heterocycles. The van der Waals surface area contributed by atoms with E-state index in [0.717, 1.165) is 11.1 Å². The lowest BCUT2D eigenvalue weighted by atomic mass is 9.82. The lowest BCUT2D eigenvalue weighted by molar-refractivity contribution is 1.55. The minimum Gasteiger partial charge on any atom is -0.0622 e. The first-order valence-corrected chi connectivity index (χ1v) is 20.7. The lowest BCUT2D eigenvalue weighted by Gasteiger charge is -2.21. The summed E-state index contributed by atoms with van der Waals surface area (Å²) in [6.07, 6.45) is 4.67. The number of hydrogen-bond acceptors (Lipinski definition) is 0. The molecule has 0 amide bonds. The Morgan fingerprint density at radius 2 is 0.617 bits per heavy atom. The van der Waals surface area contributed by atoms with E-state index >= 15 is 0 Å². The van der Waals surface area contributed by atoms with Crippen LogP contribution in [0.4, 0.5) is 0 Å². The predicted octanol–water partition coefficient (Wildman–Crippen LogP) is 16.2. The Morgan fingerprint density at radius 1 is 0.267 bits per heavy atom. The zero-order valence-electron chi connectivity index (χ0n) is 33.2. The van der Waals surface area contributed by atoms with E-state index in [2.05, 4.69) is 255 Å². The molecule has 0 saturated carbocycles. The molecule has 0 fully saturated rings. The molecule has 0 N–H and O–H groups in total. The zero-order valence-corrected chi connectivity index (χ0v) is 33.2. The first-order chi connectivity index (χ1) is 29.8. The fourth-order valence-electron chi connectivity index (χ4n) is 8.74. The number of fused-ring (bicyclic) bond motifs is 2. The summed E-state index contributed by atoms with van der Waals surface area (Å²) in [5.41, 5.74) is 16.7. The molecule has 0 saturated heterocycles. The quantitative estimate of drug-likeness (QED) is 0.101. The Labute approximate surface area is 352 Å². The molecule has 10 aromatic rings. The minimum atomic E-state index is 1.15. The van der Waals surface area contributed by atoms with Gasteiger partial charge in [0.1, 0.15) is 0 Å². The monoisotopic (exact) mass is 762 g/mol. The molecule has 0 unspecified atom stereocenters. The molecule has 60 heavy (non-hydrogen) atoms. The second-order valence-corrected chi connectivity index (χ2v) is 15.2. The molecule has 0 radical (unpaired) electrons. The average Bonchev–Trinajstić information content (AvgIpc) is 3.33. The second kappa shape index (κ2) is 16.6. The van der Waals surface area contributed by atoms with Crippen LogP contribution in [0.15, 0.2) is 243 Å². The van der Waals surface area contributed by atoms with E-state index in [-0.39, 0.29) is 0 Å². The zero-order chi connectivity index (χ0) is 40.1. The third-order valence-corrected chi connectivity index (χ3v) is 11.4. The van der Waals surface area contributed by atoms with Crippen molar-refractivity contribution in [2.75, 3.05) is 0 Å². The van der Waals surface area contributed by atoms with Gasteiger partial charge in [0.2, 0.25) is 0 Å². The van der Waals surface area contributed by atoms with Gasteiger partial charge in [0, 0.05) is 0 Å². The summed E-state index contributed by atoms with van der Waals surface area (Å²) in [5, 5.41) is 4.94. The summed E-state index contributed by atoms with van der Waals surface area (Å²) in [6, 6.07) is 87.6. The van der Waals surface area contributed by atoms with Gasteiger partial charge in [-0.25, -0.2) is 0 Å². The highest BCUT2D eigenvalue weighted by molar-refractivity contribution is 6.24. The smallest absolute Gasteiger partial charge is 0.00141 e. The molecular formula is C60H42. The number of rotatable bonds is 9. The topological polar surface area (TPSA) is 0 Å². The Balaban J connectivity index is 1.21. The van der Waals surface area contributed by atoms with E-state index in [1.165, 1.54) is 88.3 Å². The number of benzene rings is 10. The van der Waals surface area contributed by atoms with E-state index in [9.17, 15) is 0 Å². The highest BCUT2D eigenvalue weighted by Gasteiger charge is 2.20. The van der Waals surface area contributed by atoms with E-state index < -0.39 is 0 Å². The Bertz CT molecular complexity index is 3060. The molecule has 0 spiro atoms. The highest BCUT2D eigenvalue weighted by atomic mass is 14.2. The summed E-state index contributed by atoms with van der Waals surface area (Å²) in [6.45, 7) is 0. The Kier molecular flexibility index (Phi) is 10.1. The Hall–Kier alpha value is -7.80. The van der Waals surface area contributed by atoms with Crippen molar-refractivity contribution < 1.29 is 0 Å². The van der Waals surface area contributed by atoms with E-state index in [1.807, 2.05) is 0 Å². The molecule has 0 aliphatic rings. The van der Waals surface area contributed by atoms with Crippen molar-refractivity contribution in [1.82, 2.24) is 0 Å². The van der Waals surface area contributed by atoms with Gasteiger partial charge in [-0.2, -0.15) is 0 Å². The summed E-state index contributed by atoms with van der Waals surface area (Å²) in [7, 11) is 0. The molecule has 282 valence electrons. The van der Waals surface area contributed by atoms with Crippen molar-refractivity contribution in [3.8, 4) is 33.4 Å². The molecule has 0 aliphatic carbocycles. The molecule has 0 heteroatoms. The summed E-state index contributed by atoms with van der Waals surface area (Å²) in [4.78, 5) is 0. The van der Waals surface area contributed by atoms with Crippen LogP contribution < -0.4 is 0 Å². The summed E-state index contributed by atoms with van der Waals surface area (Å²) in [5.74, 6) is 0. The maximum atomic E-state index is 2.37. The number of hydrogen-bond donors (Lipinski definition) is 0. The molecule has 10 aromatic carbocycles. The average molecular weight is 763 g/mol. The van der Waals surface area contributed by atoms with Gasteiger partial charge < -0.3 is 0 Å². The van der Waals surface area contributed by atoms with Gasteiger partial charge in [-0.1, -0.05) is 231 Å². The summed E-state index contributed by atoms with van der Waals surface area (Å²) >= 11 is 0. The van der Waals surface area contributed by atoms with Crippen LogP contribution in [0, 0.1) is 0 Å². The first kappa shape index (κ1) is 36.5. The maximum Gasteiger partial charge on any atom is -0.00141 e. The summed E-state index contributed by atoms with van der Waals surface area (Å²) < 4.78 is 0. The van der Waals surface area contributed by atoms with E-state index in [1.54, 1.807) is 0 Å². The standard InChI is InChI=1S/C60H42/c1-6-23-45(24-7-1)52-37-20-38-55-58(50-33-18-21-43(39-50)41-56(46-25-8-2-9-26-46)47-27-10-3-11-28-47)53-35-16-17-36-54(53)59(60(52)55)51-34-19-22-44(40-51)42-57(48-29-12-4-13-30-48)49-31-14-5-15-32-49/h1-42H. The van der Waals surface area contributed by atoms with Crippen molar-refractivity contribution in [2.24, 2.45) is 0 Å². The predicted molar refractivity (Wildman–Crippen MR) is 257 cm³/mol. The van der Waals surface area contributed by atoms with Crippen LogP contribution in [-0.2, 0) is 0 Å². The van der Waals surface area contributed by atoms with Crippen LogP contribution >= 0.6 is 0 Å². The minimum absolute atomic E-state index is 1.15. The normalized spacial score (nSPS) is 11.0. The van der Waals surface area contributed by atoms with Crippen LogP contribution in [0.1, 0.15) is 33.4 Å². The van der Waals surface area contributed by atoms with Gasteiger partial charge in [0.15, 0.2) is 0 Å². The molecular weight excluding hydrogens is 721 g/mol. The van der Waals surface area contributed by atoms with E-state index in [4.69, 9.17) is 0 Å². The second-order valence-electron chi connectivity index (χ2n) is 15.2. The van der Waals surface area contributed by atoms with Gasteiger partial charge >= 0.3 is 0 Å². The molecule has 0 atom stereocenters. The van der Waals surface area contributed by atoms with Gasteiger partial charge in [0.25, 0.3) is 0 Å². The van der Waals surface area contributed by atoms with Crippen LogP contribution in [0.5, 0.6) is 0 Å². The molecule has 10 rings (SSSR count). The van der Waals surface area contributed by atoms with Crippen molar-refractivity contribution in [3.05, 3.63) is 276 Å². The molecule has 0 bridgehead atoms. The van der Waals surface area contributed by atoms with Crippen molar-refractivity contribution in [2.45, 2.75) is 0 Å². The fraction of sp³-hybridized carbons (Fsp3) is 0. The van der Waals surface area contributed by atoms with Crippen molar-refractivity contribution in [3.63, 3.8) is 0 Å². The largest absolute Gasteiger partial charge is 0.0622 e. The fourth-order valence-corrected chi connectivity index (χ4v) is 8.74. The molecule has 0 aliphatic heterocycles. The Morgan fingerprint density at radius 3 is 1.08 bits per heavy atom. The van der Waals surface area contributed by atoms with Crippen LogP contribution in [-0.4, -0.2) is 0 Å². The van der Waals surface area contributed by atoms with Gasteiger partial charge in [-0.3, -0.25) is 0 Å². The molecule has 0 aromatic heterocycles. The maximum absolute atomic E-state index is 2.37. The third kappa shape index (κ3) is 7.28. The lowest BCUT2D eigenvalue weighted by Crippen LogP contribution is -1.94. The van der Waals surface area contributed by atoms with Gasteiger partial charge in [-0.05, 0) is 124 Å². The highest BCUT2D eigenvalue weighted by Crippen LogP contribution is 2.47. The van der Waals surface area contributed by atoms with Crippen LogP contribution in [0.3, 0.4) is 0 Å². The van der Waals surface area contributed by atoms with Gasteiger partial charge in [0.05, 0.1) is 0 Å².